The van der Waals surface area contributed by atoms with Crippen molar-refractivity contribution in [3.8, 4) is 34.0 Å². The van der Waals surface area contributed by atoms with Gasteiger partial charge in [0.15, 0.2) is 0 Å². The molecular weight excluding hydrogens is 412 g/mol. The third-order valence-corrected chi connectivity index (χ3v) is 5.26. The quantitative estimate of drug-likeness (QED) is 0.224. The molecule has 2 aromatic heterocycles. The van der Waals surface area contributed by atoms with Crippen molar-refractivity contribution >= 4 is 0 Å². The van der Waals surface area contributed by atoms with Crippen LogP contribution in [0.3, 0.4) is 0 Å². The first kappa shape index (κ1) is 22.8. The summed E-state index contributed by atoms with van der Waals surface area (Å²) in [5.74, 6) is 3.48. The van der Waals surface area contributed by atoms with Crippen LogP contribution in [0.25, 0.3) is 22.5 Å². The van der Waals surface area contributed by atoms with Gasteiger partial charge in [-0.1, -0.05) is 13.8 Å². The van der Waals surface area contributed by atoms with Crippen molar-refractivity contribution in [1.82, 2.24) is 30.6 Å². The minimum absolute atomic E-state index is 0.751. The summed E-state index contributed by atoms with van der Waals surface area (Å²) in [6.45, 7) is 7.79. The van der Waals surface area contributed by atoms with Crippen molar-refractivity contribution in [2.45, 2.75) is 39.8 Å². The standard InChI is InChI=1S/C26H32N6O/c1-3-13-27-17-25-29-15-23(31-25)19-5-9-21(10-6-19)33-22-11-7-20(8-12-22)24-16-30-26(32-24)18-28-14-4-2/h5-12,15-16,27-28H,3-4,13-14,17-18H2,1-2H3,(H,29,31)(H,30,32). The van der Waals surface area contributed by atoms with Crippen LogP contribution in [0.5, 0.6) is 11.5 Å². The predicted molar refractivity (Wildman–Crippen MR) is 132 cm³/mol. The van der Waals surface area contributed by atoms with E-state index in [1.807, 2.05) is 60.9 Å². The molecule has 4 rings (SSSR count). The Bertz CT molecular complexity index is 1020. The Morgan fingerprint density at radius 1 is 0.667 bits per heavy atom. The normalized spacial score (nSPS) is 11.1. The van der Waals surface area contributed by atoms with Gasteiger partial charge in [-0.3, -0.25) is 0 Å². The summed E-state index contributed by atoms with van der Waals surface area (Å²) >= 11 is 0. The zero-order valence-corrected chi connectivity index (χ0v) is 19.3. The topological polar surface area (TPSA) is 90.7 Å². The molecule has 33 heavy (non-hydrogen) atoms. The number of rotatable bonds is 12. The van der Waals surface area contributed by atoms with Crippen molar-refractivity contribution in [3.63, 3.8) is 0 Å². The molecule has 4 N–H and O–H groups in total. The molecule has 0 amide bonds. The Morgan fingerprint density at radius 3 is 1.48 bits per heavy atom. The van der Waals surface area contributed by atoms with Gasteiger partial charge in [0.2, 0.25) is 0 Å². The number of nitrogens with zero attached hydrogens (tertiary/aromatic N) is 2. The van der Waals surface area contributed by atoms with Gasteiger partial charge in [0.25, 0.3) is 0 Å². The lowest BCUT2D eigenvalue weighted by Gasteiger charge is -2.07. The summed E-state index contributed by atoms with van der Waals surface area (Å²) in [6.07, 6.45) is 5.97. The van der Waals surface area contributed by atoms with Crippen molar-refractivity contribution < 1.29 is 4.74 Å². The van der Waals surface area contributed by atoms with Crippen LogP contribution in [0.15, 0.2) is 60.9 Å². The van der Waals surface area contributed by atoms with E-state index in [0.717, 1.165) is 84.7 Å². The fourth-order valence-corrected chi connectivity index (χ4v) is 3.51. The smallest absolute Gasteiger partial charge is 0.127 e. The summed E-state index contributed by atoms with van der Waals surface area (Å²) in [5.41, 5.74) is 4.16. The molecule has 0 radical (unpaired) electrons. The highest BCUT2D eigenvalue weighted by molar-refractivity contribution is 5.61. The van der Waals surface area contributed by atoms with E-state index in [0.29, 0.717) is 0 Å². The molecule has 0 aliphatic rings. The van der Waals surface area contributed by atoms with Crippen molar-refractivity contribution in [2.75, 3.05) is 13.1 Å². The number of benzene rings is 2. The Kier molecular flexibility index (Phi) is 7.90. The lowest BCUT2D eigenvalue weighted by atomic mass is 10.1. The summed E-state index contributed by atoms with van der Waals surface area (Å²) in [7, 11) is 0. The van der Waals surface area contributed by atoms with Crippen LogP contribution in [-0.2, 0) is 13.1 Å². The number of hydrogen-bond acceptors (Lipinski definition) is 5. The van der Waals surface area contributed by atoms with Gasteiger partial charge in [-0.15, -0.1) is 0 Å². The highest BCUT2D eigenvalue weighted by Gasteiger charge is 2.06. The van der Waals surface area contributed by atoms with E-state index in [4.69, 9.17) is 4.74 Å². The molecule has 172 valence electrons. The molecule has 0 aliphatic heterocycles. The summed E-state index contributed by atoms with van der Waals surface area (Å²) in [6, 6.07) is 16.1. The monoisotopic (exact) mass is 444 g/mol. The minimum Gasteiger partial charge on any atom is -0.457 e. The van der Waals surface area contributed by atoms with Gasteiger partial charge >= 0.3 is 0 Å². The largest absolute Gasteiger partial charge is 0.457 e. The van der Waals surface area contributed by atoms with Crippen LogP contribution >= 0.6 is 0 Å². The fourth-order valence-electron chi connectivity index (χ4n) is 3.51. The molecule has 4 aromatic rings. The molecule has 0 fully saturated rings. The second kappa shape index (κ2) is 11.4. The highest BCUT2D eigenvalue weighted by atomic mass is 16.5. The average molecular weight is 445 g/mol. The fraction of sp³-hybridized carbons (Fsp3) is 0.308. The van der Waals surface area contributed by atoms with Gasteiger partial charge in [0.1, 0.15) is 23.1 Å². The molecule has 0 saturated carbocycles. The van der Waals surface area contributed by atoms with Gasteiger partial charge in [0.05, 0.1) is 36.9 Å². The molecule has 0 spiro atoms. The molecule has 0 bridgehead atoms. The van der Waals surface area contributed by atoms with Crippen molar-refractivity contribution in [1.29, 1.82) is 0 Å². The third-order valence-electron chi connectivity index (χ3n) is 5.26. The molecule has 0 saturated heterocycles. The molecule has 2 aromatic carbocycles. The molecule has 0 aliphatic carbocycles. The molecule has 2 heterocycles. The van der Waals surface area contributed by atoms with Gasteiger partial charge in [0, 0.05) is 0 Å². The van der Waals surface area contributed by atoms with Crippen molar-refractivity contribution in [3.05, 3.63) is 72.6 Å². The Hall–Kier alpha value is -3.42. The summed E-state index contributed by atoms with van der Waals surface area (Å²) < 4.78 is 6.03. The van der Waals surface area contributed by atoms with E-state index in [9.17, 15) is 0 Å². The number of nitrogens with one attached hydrogen (secondary N) is 4. The maximum absolute atomic E-state index is 6.03. The predicted octanol–water partition coefficient (Wildman–Crippen LogP) is 5.26. The molecule has 7 heteroatoms. The summed E-state index contributed by atoms with van der Waals surface area (Å²) in [5, 5.41) is 6.71. The number of aromatic amines is 2. The van der Waals surface area contributed by atoms with Crippen LogP contribution in [0.4, 0.5) is 0 Å². The molecule has 0 atom stereocenters. The molecule has 7 nitrogen and oxygen atoms in total. The minimum atomic E-state index is 0.751. The lowest BCUT2D eigenvalue weighted by Crippen LogP contribution is -2.14. The van der Waals surface area contributed by atoms with Gasteiger partial charge in [-0.25, -0.2) is 9.97 Å². The number of hydrogen-bond donors (Lipinski definition) is 4. The van der Waals surface area contributed by atoms with E-state index in [-0.39, 0.29) is 0 Å². The number of ether oxygens (including phenoxy) is 1. The van der Waals surface area contributed by atoms with Gasteiger partial charge < -0.3 is 25.3 Å². The lowest BCUT2D eigenvalue weighted by molar-refractivity contribution is 0.483. The van der Waals surface area contributed by atoms with E-state index in [2.05, 4.69) is 44.4 Å². The maximum atomic E-state index is 6.03. The van der Waals surface area contributed by atoms with Gasteiger partial charge in [-0.05, 0) is 85.6 Å². The maximum Gasteiger partial charge on any atom is 0.127 e. The van der Waals surface area contributed by atoms with Crippen LogP contribution < -0.4 is 15.4 Å². The van der Waals surface area contributed by atoms with Crippen molar-refractivity contribution in [2.24, 2.45) is 0 Å². The van der Waals surface area contributed by atoms with E-state index < -0.39 is 0 Å². The number of aromatic nitrogens is 4. The molecule has 0 unspecified atom stereocenters. The summed E-state index contributed by atoms with van der Waals surface area (Å²) in [4.78, 5) is 15.6. The van der Waals surface area contributed by atoms with Gasteiger partial charge in [-0.2, -0.15) is 0 Å². The molecular formula is C26H32N6O. The second-order valence-corrected chi connectivity index (χ2v) is 7.99. The first-order valence-corrected chi connectivity index (χ1v) is 11.6. The number of H-pyrrole nitrogens is 2. The highest BCUT2D eigenvalue weighted by Crippen LogP contribution is 2.27. The average Bonchev–Trinajstić information content (AvgIpc) is 3.51. The third kappa shape index (κ3) is 6.31. The SMILES string of the molecule is CCCNCc1ncc(-c2ccc(Oc3ccc(-c4cnc(CNCCC)[nH]4)cc3)cc2)[nH]1. The van der Waals surface area contributed by atoms with Crippen LogP contribution in [-0.4, -0.2) is 33.0 Å². The van der Waals surface area contributed by atoms with Crippen LogP contribution in [0.2, 0.25) is 0 Å². The second-order valence-electron chi connectivity index (χ2n) is 7.99. The first-order chi connectivity index (χ1) is 16.2. The first-order valence-electron chi connectivity index (χ1n) is 11.6. The van der Waals surface area contributed by atoms with E-state index in [1.54, 1.807) is 0 Å². The zero-order valence-electron chi connectivity index (χ0n) is 19.3. The van der Waals surface area contributed by atoms with E-state index in [1.165, 1.54) is 0 Å². The zero-order chi connectivity index (χ0) is 22.9. The van der Waals surface area contributed by atoms with Crippen LogP contribution in [0, 0.1) is 0 Å². The van der Waals surface area contributed by atoms with E-state index >= 15 is 0 Å². The number of imidazole rings is 2. The Morgan fingerprint density at radius 2 is 1.09 bits per heavy atom. The Balaban J connectivity index is 1.34. The van der Waals surface area contributed by atoms with Crippen LogP contribution in [0.1, 0.15) is 38.3 Å². The Labute approximate surface area is 195 Å².